The van der Waals surface area contributed by atoms with Gasteiger partial charge in [0.15, 0.2) is 11.6 Å². The molecule has 0 aromatic heterocycles. The molecule has 0 aliphatic carbocycles. The largest absolute Gasteiger partial charge is 0.508 e. The maximum atomic E-state index is 12.6. The Labute approximate surface area is 277 Å². The molecule has 4 aromatic carbocycles. The average Bonchev–Trinajstić information content (AvgIpc) is 3.06. The van der Waals surface area contributed by atoms with Gasteiger partial charge in [-0.1, -0.05) is 109 Å². The molecular formula is C41H42O6. The van der Waals surface area contributed by atoms with Crippen LogP contribution in [0.15, 0.2) is 133 Å². The molecule has 242 valence electrons. The number of aliphatic hydroxyl groups is 1. The van der Waals surface area contributed by atoms with Crippen LogP contribution in [0.1, 0.15) is 64.6 Å². The van der Waals surface area contributed by atoms with E-state index >= 15 is 0 Å². The number of methoxy groups -OCH3 is 1. The Balaban J connectivity index is 0.000000312. The lowest BCUT2D eigenvalue weighted by Gasteiger charge is -2.12. The van der Waals surface area contributed by atoms with Crippen LogP contribution in [0, 0.1) is 0 Å². The Morgan fingerprint density at radius 1 is 0.766 bits per heavy atom. The van der Waals surface area contributed by atoms with Crippen LogP contribution < -0.4 is 4.74 Å². The first kappa shape index (κ1) is 36.0. The van der Waals surface area contributed by atoms with Crippen molar-refractivity contribution in [2.75, 3.05) is 7.11 Å². The zero-order chi connectivity index (χ0) is 34.2. The van der Waals surface area contributed by atoms with Gasteiger partial charge in [-0.15, -0.1) is 0 Å². The summed E-state index contributed by atoms with van der Waals surface area (Å²) in [5.74, 6) is 0.260. The molecule has 0 radical (unpaired) electrons. The van der Waals surface area contributed by atoms with Crippen molar-refractivity contribution in [3.8, 4) is 17.2 Å². The highest BCUT2D eigenvalue weighted by Gasteiger charge is 2.16. The summed E-state index contributed by atoms with van der Waals surface area (Å²) in [5, 5.41) is 29.9. The van der Waals surface area contributed by atoms with E-state index in [-0.39, 0.29) is 28.6 Å². The van der Waals surface area contributed by atoms with Crippen molar-refractivity contribution in [2.24, 2.45) is 0 Å². The van der Waals surface area contributed by atoms with E-state index in [1.165, 1.54) is 13.2 Å². The molecule has 0 atom stereocenters. The van der Waals surface area contributed by atoms with Crippen LogP contribution in [0.25, 0.3) is 12.2 Å². The van der Waals surface area contributed by atoms with Crippen molar-refractivity contribution in [1.29, 1.82) is 0 Å². The average molecular weight is 631 g/mol. The number of hydrogen-bond donors (Lipinski definition) is 3. The number of carbonyl (C=O) groups excluding carboxylic acids is 2. The fraction of sp³-hybridized carbons (Fsp3) is 0.171. The minimum atomic E-state index is -0.857. The quantitative estimate of drug-likeness (QED) is 0.0821. The molecular weight excluding hydrogens is 588 g/mol. The lowest BCUT2D eigenvalue weighted by atomic mass is 9.99. The first-order chi connectivity index (χ1) is 22.5. The van der Waals surface area contributed by atoms with Crippen LogP contribution in [0.2, 0.25) is 0 Å². The summed E-state index contributed by atoms with van der Waals surface area (Å²) in [6, 6.07) is 28.7. The van der Waals surface area contributed by atoms with Gasteiger partial charge >= 0.3 is 0 Å². The number of phenols is 2. The lowest BCUT2D eigenvalue weighted by molar-refractivity contribution is 0.103. The van der Waals surface area contributed by atoms with E-state index in [0.717, 1.165) is 22.3 Å². The SMILES string of the molecule is COc1ccc(C(=O)C=Cc2ccc(O)cc2)c(O)c1CC=C(C)CC=CC(C)(C)O.O=C(C=Cc1ccccc1)c1ccccc1. The van der Waals surface area contributed by atoms with E-state index in [1.54, 1.807) is 68.5 Å². The van der Waals surface area contributed by atoms with Gasteiger partial charge in [0.2, 0.25) is 0 Å². The zero-order valence-electron chi connectivity index (χ0n) is 27.3. The Morgan fingerprint density at radius 2 is 1.34 bits per heavy atom. The van der Waals surface area contributed by atoms with Gasteiger partial charge in [0, 0.05) is 11.1 Å². The molecule has 0 fully saturated rings. The predicted octanol–water partition coefficient (Wildman–Crippen LogP) is 8.79. The molecule has 0 aliphatic rings. The van der Waals surface area contributed by atoms with Gasteiger partial charge in [0.25, 0.3) is 0 Å². The van der Waals surface area contributed by atoms with Crippen LogP contribution in [0.5, 0.6) is 17.2 Å². The number of phenolic OH excluding ortho intramolecular Hbond substituents is 2. The third kappa shape index (κ3) is 12.5. The zero-order valence-corrected chi connectivity index (χ0v) is 27.3. The minimum absolute atomic E-state index is 0.0319. The highest BCUT2D eigenvalue weighted by atomic mass is 16.5. The Bertz CT molecular complexity index is 1720. The van der Waals surface area contributed by atoms with E-state index in [9.17, 15) is 24.9 Å². The van der Waals surface area contributed by atoms with Crippen LogP contribution in [-0.2, 0) is 6.42 Å². The number of carbonyl (C=O) groups is 2. The normalized spacial score (nSPS) is 11.9. The van der Waals surface area contributed by atoms with Crippen molar-refractivity contribution in [3.63, 3.8) is 0 Å². The van der Waals surface area contributed by atoms with Gasteiger partial charge in [-0.05, 0) is 81.2 Å². The number of aromatic hydroxyl groups is 2. The summed E-state index contributed by atoms with van der Waals surface area (Å²) in [4.78, 5) is 24.4. The molecule has 4 rings (SSSR count). The number of ether oxygens (including phenoxy) is 1. The fourth-order valence-corrected chi connectivity index (χ4v) is 4.38. The lowest BCUT2D eigenvalue weighted by Crippen LogP contribution is -2.13. The molecule has 4 aromatic rings. The smallest absolute Gasteiger partial charge is 0.189 e. The van der Waals surface area contributed by atoms with Crippen molar-refractivity contribution in [1.82, 2.24) is 0 Å². The monoisotopic (exact) mass is 630 g/mol. The van der Waals surface area contributed by atoms with E-state index in [0.29, 0.717) is 24.2 Å². The van der Waals surface area contributed by atoms with Gasteiger partial charge in [0.1, 0.15) is 17.2 Å². The number of hydrogen-bond acceptors (Lipinski definition) is 6. The first-order valence-electron chi connectivity index (χ1n) is 15.3. The first-order valence-corrected chi connectivity index (χ1v) is 15.3. The Hall–Kier alpha value is -5.46. The highest BCUT2D eigenvalue weighted by molar-refractivity contribution is 6.09. The van der Waals surface area contributed by atoms with Crippen molar-refractivity contribution >= 4 is 23.7 Å². The molecule has 3 N–H and O–H groups in total. The molecule has 0 spiro atoms. The van der Waals surface area contributed by atoms with Crippen LogP contribution in [0.3, 0.4) is 0 Å². The second-order valence-electron chi connectivity index (χ2n) is 11.4. The number of allylic oxidation sites excluding steroid dienone is 5. The van der Waals surface area contributed by atoms with E-state index in [1.807, 2.05) is 85.8 Å². The topological polar surface area (TPSA) is 104 Å². The predicted molar refractivity (Wildman–Crippen MR) is 190 cm³/mol. The van der Waals surface area contributed by atoms with Crippen molar-refractivity contribution in [3.05, 3.63) is 161 Å². The van der Waals surface area contributed by atoms with Gasteiger partial charge < -0.3 is 20.1 Å². The minimum Gasteiger partial charge on any atom is -0.508 e. The third-order valence-corrected chi connectivity index (χ3v) is 6.95. The molecule has 6 heteroatoms. The molecule has 0 heterocycles. The summed E-state index contributed by atoms with van der Waals surface area (Å²) in [6.45, 7) is 5.39. The number of rotatable bonds is 12. The van der Waals surface area contributed by atoms with E-state index < -0.39 is 5.60 Å². The van der Waals surface area contributed by atoms with Crippen LogP contribution in [0.4, 0.5) is 0 Å². The number of ketones is 2. The maximum Gasteiger partial charge on any atom is 0.189 e. The highest BCUT2D eigenvalue weighted by Crippen LogP contribution is 2.33. The molecule has 0 amide bonds. The summed E-state index contributed by atoms with van der Waals surface area (Å²) < 4.78 is 5.37. The Kier molecular flexibility index (Phi) is 13.7. The summed E-state index contributed by atoms with van der Waals surface area (Å²) in [6.07, 6.45) is 13.1. The second-order valence-corrected chi connectivity index (χ2v) is 11.4. The van der Waals surface area contributed by atoms with E-state index in [4.69, 9.17) is 4.74 Å². The van der Waals surface area contributed by atoms with Gasteiger partial charge in [-0.2, -0.15) is 0 Å². The van der Waals surface area contributed by atoms with Gasteiger partial charge in [-0.3, -0.25) is 9.59 Å². The molecule has 6 nitrogen and oxygen atoms in total. The third-order valence-electron chi connectivity index (χ3n) is 6.95. The molecule has 0 bridgehead atoms. The standard InChI is InChI=1S/C26H30O5.C15H12O/c1-18(6-5-17-26(2,3)30)7-13-22-24(31-4)16-14-21(25(22)29)23(28)15-10-19-8-11-20(27)12-9-19;16-15(14-9-5-2-6-10-14)12-11-13-7-3-1-4-8-13/h5,7-12,14-17,27,29-30H,6,13H2,1-4H3;1-12H. The molecule has 0 saturated heterocycles. The second kappa shape index (κ2) is 17.9. The summed E-state index contributed by atoms with van der Waals surface area (Å²) >= 11 is 0. The van der Waals surface area contributed by atoms with Crippen molar-refractivity contribution in [2.45, 2.75) is 39.2 Å². The summed E-state index contributed by atoms with van der Waals surface area (Å²) in [7, 11) is 1.52. The van der Waals surface area contributed by atoms with Gasteiger partial charge in [0.05, 0.1) is 18.3 Å². The van der Waals surface area contributed by atoms with Crippen LogP contribution >= 0.6 is 0 Å². The summed E-state index contributed by atoms with van der Waals surface area (Å²) in [5.41, 5.74) is 3.45. The number of benzene rings is 4. The van der Waals surface area contributed by atoms with E-state index in [2.05, 4.69) is 0 Å². The van der Waals surface area contributed by atoms with Gasteiger partial charge in [-0.25, -0.2) is 0 Å². The molecule has 0 unspecified atom stereocenters. The van der Waals surface area contributed by atoms with Crippen molar-refractivity contribution < 1.29 is 29.6 Å². The fourth-order valence-electron chi connectivity index (χ4n) is 4.38. The Morgan fingerprint density at radius 3 is 1.94 bits per heavy atom. The molecule has 47 heavy (non-hydrogen) atoms. The maximum absolute atomic E-state index is 12.6. The molecule has 0 saturated carbocycles. The van der Waals surface area contributed by atoms with Crippen LogP contribution in [-0.4, -0.2) is 39.6 Å². The molecule has 0 aliphatic heterocycles.